The van der Waals surface area contributed by atoms with Crippen LogP contribution in [0.15, 0.2) is 18.2 Å². The number of phenolic OH excluding ortho intramolecular Hbond substituents is 1. The fourth-order valence-corrected chi connectivity index (χ4v) is 1.25. The lowest BCUT2D eigenvalue weighted by atomic mass is 10.1. The third-order valence-corrected chi connectivity index (χ3v) is 2.04. The van der Waals surface area contributed by atoms with Crippen LogP contribution >= 0.6 is 0 Å². The highest BCUT2D eigenvalue weighted by molar-refractivity contribution is 5.40. The van der Waals surface area contributed by atoms with Crippen molar-refractivity contribution in [3.63, 3.8) is 0 Å². The molecule has 0 fully saturated rings. The smallest absolute Gasteiger partial charge is 0.125 e. The molecule has 4 nitrogen and oxygen atoms in total. The first-order valence-electron chi connectivity index (χ1n) is 4.44. The third kappa shape index (κ3) is 2.37. The van der Waals surface area contributed by atoms with Crippen LogP contribution in [0.4, 0.5) is 0 Å². The van der Waals surface area contributed by atoms with E-state index in [9.17, 15) is 10.2 Å². The van der Waals surface area contributed by atoms with Crippen LogP contribution in [0.2, 0.25) is 0 Å². The summed E-state index contributed by atoms with van der Waals surface area (Å²) in [6.45, 7) is 0.382. The van der Waals surface area contributed by atoms with E-state index in [-0.39, 0.29) is 5.75 Å². The van der Waals surface area contributed by atoms with Gasteiger partial charge in [0.25, 0.3) is 0 Å². The normalized spacial score (nSPS) is 12.5. The Morgan fingerprint density at radius 3 is 2.71 bits per heavy atom. The lowest BCUT2D eigenvalue weighted by Gasteiger charge is -2.12. The highest BCUT2D eigenvalue weighted by atomic mass is 16.5. The zero-order valence-corrected chi connectivity index (χ0v) is 8.10. The summed E-state index contributed by atoms with van der Waals surface area (Å²) in [6.07, 6.45) is -0.286. The first-order chi connectivity index (χ1) is 6.69. The SMILES string of the molecule is COc1ccc([C@@H](O)CCN)c(O)c1. The van der Waals surface area contributed by atoms with E-state index in [0.29, 0.717) is 24.3 Å². The molecule has 0 aliphatic heterocycles. The Balaban J connectivity index is 2.88. The van der Waals surface area contributed by atoms with Gasteiger partial charge in [-0.3, -0.25) is 0 Å². The quantitative estimate of drug-likeness (QED) is 0.666. The molecule has 0 spiro atoms. The second-order valence-corrected chi connectivity index (χ2v) is 3.02. The number of rotatable bonds is 4. The van der Waals surface area contributed by atoms with E-state index in [2.05, 4.69) is 0 Å². The number of phenols is 1. The van der Waals surface area contributed by atoms with Crippen LogP contribution in [0.5, 0.6) is 11.5 Å². The number of aromatic hydroxyl groups is 1. The molecule has 0 aliphatic rings. The fraction of sp³-hybridized carbons (Fsp3) is 0.400. The minimum atomic E-state index is -0.717. The molecule has 0 radical (unpaired) electrons. The second-order valence-electron chi connectivity index (χ2n) is 3.02. The zero-order valence-electron chi connectivity index (χ0n) is 8.10. The average molecular weight is 197 g/mol. The predicted molar refractivity (Wildman–Crippen MR) is 53.3 cm³/mol. The summed E-state index contributed by atoms with van der Waals surface area (Å²) in [5, 5.41) is 19.1. The van der Waals surface area contributed by atoms with E-state index in [1.165, 1.54) is 13.2 Å². The first-order valence-corrected chi connectivity index (χ1v) is 4.44. The van der Waals surface area contributed by atoms with Gasteiger partial charge in [0.05, 0.1) is 13.2 Å². The molecule has 78 valence electrons. The van der Waals surface area contributed by atoms with E-state index < -0.39 is 6.10 Å². The Morgan fingerprint density at radius 1 is 1.50 bits per heavy atom. The van der Waals surface area contributed by atoms with Crippen LogP contribution in [-0.2, 0) is 0 Å². The highest BCUT2D eigenvalue weighted by Gasteiger charge is 2.11. The second kappa shape index (κ2) is 4.83. The fourth-order valence-electron chi connectivity index (χ4n) is 1.25. The number of benzene rings is 1. The van der Waals surface area contributed by atoms with Gasteiger partial charge in [-0.1, -0.05) is 0 Å². The Bertz CT molecular complexity index is 301. The summed E-state index contributed by atoms with van der Waals surface area (Å²) in [5.74, 6) is 0.594. The van der Waals surface area contributed by atoms with Gasteiger partial charge >= 0.3 is 0 Å². The van der Waals surface area contributed by atoms with Gasteiger partial charge in [0.1, 0.15) is 11.5 Å². The van der Waals surface area contributed by atoms with E-state index in [1.54, 1.807) is 12.1 Å². The number of aliphatic hydroxyl groups excluding tert-OH is 1. The summed E-state index contributed by atoms with van der Waals surface area (Å²) in [5.41, 5.74) is 5.79. The molecule has 0 aliphatic carbocycles. The topological polar surface area (TPSA) is 75.7 Å². The Hall–Kier alpha value is -1.26. The molecule has 0 heterocycles. The summed E-state index contributed by atoms with van der Waals surface area (Å²) in [4.78, 5) is 0. The number of methoxy groups -OCH3 is 1. The van der Waals surface area contributed by atoms with E-state index in [1.807, 2.05) is 0 Å². The van der Waals surface area contributed by atoms with Crippen molar-refractivity contribution in [3.8, 4) is 11.5 Å². The van der Waals surface area contributed by atoms with Crippen molar-refractivity contribution in [1.29, 1.82) is 0 Å². The van der Waals surface area contributed by atoms with Crippen molar-refractivity contribution >= 4 is 0 Å². The molecule has 0 saturated carbocycles. The van der Waals surface area contributed by atoms with E-state index in [4.69, 9.17) is 10.5 Å². The minimum Gasteiger partial charge on any atom is -0.507 e. The van der Waals surface area contributed by atoms with Crippen molar-refractivity contribution in [3.05, 3.63) is 23.8 Å². The number of nitrogens with two attached hydrogens (primary N) is 1. The minimum absolute atomic E-state index is 0.0327. The van der Waals surface area contributed by atoms with E-state index in [0.717, 1.165) is 0 Å². The molecular formula is C10H15NO3. The largest absolute Gasteiger partial charge is 0.507 e. The molecule has 4 heteroatoms. The van der Waals surface area contributed by atoms with Gasteiger partial charge < -0.3 is 20.7 Å². The third-order valence-electron chi connectivity index (χ3n) is 2.04. The van der Waals surface area contributed by atoms with Crippen LogP contribution in [0.1, 0.15) is 18.1 Å². The van der Waals surface area contributed by atoms with Crippen LogP contribution in [-0.4, -0.2) is 23.9 Å². The van der Waals surface area contributed by atoms with E-state index >= 15 is 0 Å². The number of hydrogen-bond donors (Lipinski definition) is 3. The Labute approximate surface area is 82.9 Å². The number of hydrogen-bond acceptors (Lipinski definition) is 4. The lowest BCUT2D eigenvalue weighted by molar-refractivity contribution is 0.166. The molecular weight excluding hydrogens is 182 g/mol. The van der Waals surface area contributed by atoms with Gasteiger partial charge in [-0.05, 0) is 25.1 Å². The van der Waals surface area contributed by atoms with Crippen molar-refractivity contribution in [2.45, 2.75) is 12.5 Å². The van der Waals surface area contributed by atoms with Gasteiger partial charge in [-0.2, -0.15) is 0 Å². The van der Waals surface area contributed by atoms with Gasteiger partial charge in [-0.25, -0.2) is 0 Å². The van der Waals surface area contributed by atoms with Gasteiger partial charge in [0.15, 0.2) is 0 Å². The highest BCUT2D eigenvalue weighted by Crippen LogP contribution is 2.29. The molecule has 1 aromatic carbocycles. The Morgan fingerprint density at radius 2 is 2.21 bits per heavy atom. The average Bonchev–Trinajstić information content (AvgIpc) is 2.17. The molecule has 1 atom stereocenters. The molecule has 0 bridgehead atoms. The monoisotopic (exact) mass is 197 g/mol. The maximum atomic E-state index is 9.58. The lowest BCUT2D eigenvalue weighted by Crippen LogP contribution is -2.06. The molecule has 0 amide bonds. The molecule has 4 N–H and O–H groups in total. The number of ether oxygens (including phenoxy) is 1. The van der Waals surface area contributed by atoms with Crippen molar-refractivity contribution in [2.24, 2.45) is 5.73 Å². The Kier molecular flexibility index (Phi) is 3.73. The predicted octanol–water partition coefficient (Wildman–Crippen LogP) is 0.783. The molecule has 1 aromatic rings. The number of aliphatic hydroxyl groups is 1. The maximum absolute atomic E-state index is 9.58. The summed E-state index contributed by atoms with van der Waals surface area (Å²) >= 11 is 0. The molecule has 0 saturated heterocycles. The maximum Gasteiger partial charge on any atom is 0.125 e. The van der Waals surface area contributed by atoms with Crippen LogP contribution in [0, 0.1) is 0 Å². The van der Waals surface area contributed by atoms with Crippen molar-refractivity contribution in [1.82, 2.24) is 0 Å². The first kappa shape index (κ1) is 10.8. The van der Waals surface area contributed by atoms with Gasteiger partial charge in [0.2, 0.25) is 0 Å². The molecule has 0 aromatic heterocycles. The van der Waals surface area contributed by atoms with Gasteiger partial charge in [-0.15, -0.1) is 0 Å². The molecule has 0 unspecified atom stereocenters. The summed E-state index contributed by atoms with van der Waals surface area (Å²) < 4.78 is 4.92. The van der Waals surface area contributed by atoms with Gasteiger partial charge in [0, 0.05) is 11.6 Å². The van der Waals surface area contributed by atoms with Crippen LogP contribution in [0.3, 0.4) is 0 Å². The summed E-state index contributed by atoms with van der Waals surface area (Å²) in [7, 11) is 1.52. The summed E-state index contributed by atoms with van der Waals surface area (Å²) in [6, 6.07) is 4.79. The standard InChI is InChI=1S/C10H15NO3/c1-14-7-2-3-8(10(13)6-7)9(12)4-5-11/h2-3,6,9,12-13H,4-5,11H2,1H3/t9-/m0/s1. The van der Waals surface area contributed by atoms with Crippen molar-refractivity contribution in [2.75, 3.05) is 13.7 Å². The zero-order chi connectivity index (χ0) is 10.6. The van der Waals surface area contributed by atoms with Crippen LogP contribution < -0.4 is 10.5 Å². The molecule has 1 rings (SSSR count). The van der Waals surface area contributed by atoms with Crippen molar-refractivity contribution < 1.29 is 14.9 Å². The van der Waals surface area contributed by atoms with Crippen LogP contribution in [0.25, 0.3) is 0 Å². The molecule has 14 heavy (non-hydrogen) atoms.